The Morgan fingerprint density at radius 2 is 1.60 bits per heavy atom. The van der Waals surface area contributed by atoms with E-state index in [1.807, 2.05) is 28.5 Å². The summed E-state index contributed by atoms with van der Waals surface area (Å²) in [5.41, 5.74) is 10.4. The van der Waals surface area contributed by atoms with Crippen LogP contribution in [0.15, 0.2) is 67.6 Å². The van der Waals surface area contributed by atoms with Crippen molar-refractivity contribution in [3.63, 3.8) is 0 Å². The Hall–Kier alpha value is -4.42. The van der Waals surface area contributed by atoms with Gasteiger partial charge in [-0.05, 0) is 30.7 Å². The molecular formula is C28H29FN10O. The molecule has 0 saturated carbocycles. The van der Waals surface area contributed by atoms with Gasteiger partial charge < -0.3 is 20.3 Å². The number of nitrogens with two attached hydrogens (primary N) is 1. The van der Waals surface area contributed by atoms with Crippen LogP contribution in [0.1, 0.15) is 24.1 Å². The number of ether oxygens (including phenoxy) is 1. The summed E-state index contributed by atoms with van der Waals surface area (Å²) in [6.45, 7) is 6.32. The minimum atomic E-state index is -0.830. The standard InChI is InChI=1S/C28H29FN10O/c1-28(30,21-2-4-23(29)5-3-21)22-12-31-27(32-13-22)37-8-6-36(7-9-37)26-25-10-19(14-39(25)35-18-33-26)20-11-34-38(15-20)24-16-40-17-24/h2-5,10-15,18,24H,6-9,16-17,30H2,1H3. The predicted molar refractivity (Wildman–Crippen MR) is 148 cm³/mol. The van der Waals surface area contributed by atoms with E-state index in [1.54, 1.807) is 30.9 Å². The zero-order valence-corrected chi connectivity index (χ0v) is 22.1. The van der Waals surface area contributed by atoms with Crippen molar-refractivity contribution in [1.29, 1.82) is 0 Å². The SMILES string of the molecule is CC(N)(c1ccc(F)cc1)c1cnc(N2CCN(c3ncnn4cc(-c5cnn(C6COC6)c5)cc34)CC2)nc1. The van der Waals surface area contributed by atoms with Gasteiger partial charge in [0.2, 0.25) is 5.95 Å². The van der Waals surface area contributed by atoms with Crippen LogP contribution in [0, 0.1) is 5.82 Å². The van der Waals surface area contributed by atoms with Crippen molar-refractivity contribution in [3.8, 4) is 11.1 Å². The van der Waals surface area contributed by atoms with Gasteiger partial charge in [0, 0.05) is 67.7 Å². The molecule has 1 unspecified atom stereocenters. The normalized spacial score (nSPS) is 17.7. The fourth-order valence-electron chi connectivity index (χ4n) is 5.21. The molecule has 2 aliphatic heterocycles. The van der Waals surface area contributed by atoms with Crippen LogP contribution in [-0.4, -0.2) is 73.7 Å². The van der Waals surface area contributed by atoms with Crippen LogP contribution in [0.4, 0.5) is 16.2 Å². The molecule has 2 aliphatic rings. The quantitative estimate of drug-likeness (QED) is 0.347. The Morgan fingerprint density at radius 1 is 0.875 bits per heavy atom. The van der Waals surface area contributed by atoms with Crippen LogP contribution < -0.4 is 15.5 Å². The van der Waals surface area contributed by atoms with Gasteiger partial charge in [-0.15, -0.1) is 0 Å². The maximum atomic E-state index is 13.4. The lowest BCUT2D eigenvalue weighted by Gasteiger charge is -2.35. The minimum Gasteiger partial charge on any atom is -0.377 e. The van der Waals surface area contributed by atoms with Crippen LogP contribution in [0.2, 0.25) is 0 Å². The molecule has 2 fully saturated rings. The molecule has 1 atom stereocenters. The summed E-state index contributed by atoms with van der Waals surface area (Å²) in [5.74, 6) is 1.26. The second kappa shape index (κ2) is 9.65. The van der Waals surface area contributed by atoms with Crippen molar-refractivity contribution < 1.29 is 9.13 Å². The number of benzene rings is 1. The lowest BCUT2D eigenvalue weighted by Crippen LogP contribution is -2.47. The number of nitrogens with zero attached hydrogens (tertiary/aromatic N) is 9. The molecular weight excluding hydrogens is 511 g/mol. The van der Waals surface area contributed by atoms with Crippen molar-refractivity contribution in [1.82, 2.24) is 34.3 Å². The van der Waals surface area contributed by atoms with Crippen molar-refractivity contribution in [3.05, 3.63) is 84.6 Å². The van der Waals surface area contributed by atoms with Crippen LogP contribution in [0.5, 0.6) is 0 Å². The zero-order chi connectivity index (χ0) is 27.3. The predicted octanol–water partition coefficient (Wildman–Crippen LogP) is 2.64. The highest BCUT2D eigenvalue weighted by atomic mass is 19.1. The maximum Gasteiger partial charge on any atom is 0.225 e. The molecule has 2 N–H and O–H groups in total. The highest BCUT2D eigenvalue weighted by Crippen LogP contribution is 2.29. The largest absolute Gasteiger partial charge is 0.377 e. The van der Waals surface area contributed by atoms with Crippen LogP contribution in [-0.2, 0) is 10.3 Å². The van der Waals surface area contributed by atoms with Gasteiger partial charge in [-0.1, -0.05) is 12.1 Å². The van der Waals surface area contributed by atoms with Crippen LogP contribution >= 0.6 is 0 Å². The van der Waals surface area contributed by atoms with Gasteiger partial charge in [-0.25, -0.2) is 23.9 Å². The number of hydrogen-bond acceptors (Lipinski definition) is 9. The summed E-state index contributed by atoms with van der Waals surface area (Å²) in [6, 6.07) is 8.64. The van der Waals surface area contributed by atoms with E-state index in [-0.39, 0.29) is 5.82 Å². The molecule has 11 nitrogen and oxygen atoms in total. The Balaban J connectivity index is 1.05. The van der Waals surface area contributed by atoms with E-state index in [9.17, 15) is 4.39 Å². The highest BCUT2D eigenvalue weighted by molar-refractivity contribution is 5.77. The van der Waals surface area contributed by atoms with Gasteiger partial charge in [0.1, 0.15) is 17.7 Å². The van der Waals surface area contributed by atoms with E-state index in [0.717, 1.165) is 59.8 Å². The average Bonchev–Trinajstić information content (AvgIpc) is 3.60. The molecule has 0 bridgehead atoms. The molecule has 1 aromatic carbocycles. The molecule has 204 valence electrons. The molecule has 7 rings (SSSR count). The van der Waals surface area contributed by atoms with E-state index < -0.39 is 5.54 Å². The number of hydrogen-bond donors (Lipinski definition) is 1. The summed E-state index contributed by atoms with van der Waals surface area (Å²) < 4.78 is 22.5. The topological polar surface area (TPSA) is 116 Å². The van der Waals surface area contributed by atoms with E-state index in [2.05, 4.69) is 47.2 Å². The van der Waals surface area contributed by atoms with Gasteiger partial charge in [0.15, 0.2) is 5.82 Å². The Kier molecular flexibility index (Phi) is 5.93. The summed E-state index contributed by atoms with van der Waals surface area (Å²) >= 11 is 0. The number of halogens is 1. The summed E-state index contributed by atoms with van der Waals surface area (Å²) in [4.78, 5) is 18.3. The molecule has 0 aliphatic carbocycles. The first-order valence-electron chi connectivity index (χ1n) is 13.3. The third-order valence-corrected chi connectivity index (χ3v) is 7.86. The number of fused-ring (bicyclic) bond motifs is 1. The van der Waals surface area contributed by atoms with Gasteiger partial charge in [0.05, 0.1) is 31.0 Å². The molecule has 0 radical (unpaired) electrons. The lowest BCUT2D eigenvalue weighted by atomic mass is 9.87. The minimum absolute atomic E-state index is 0.294. The Labute approximate surface area is 230 Å². The third-order valence-electron chi connectivity index (χ3n) is 7.86. The summed E-state index contributed by atoms with van der Waals surface area (Å²) in [5, 5.41) is 8.96. The maximum absolute atomic E-state index is 13.4. The number of anilines is 2. The molecule has 4 aromatic heterocycles. The van der Waals surface area contributed by atoms with E-state index >= 15 is 0 Å². The average molecular weight is 541 g/mol. The van der Waals surface area contributed by atoms with Crippen molar-refractivity contribution >= 4 is 17.3 Å². The van der Waals surface area contributed by atoms with Gasteiger partial charge in [-0.3, -0.25) is 4.68 Å². The molecule has 0 amide bonds. The summed E-state index contributed by atoms with van der Waals surface area (Å²) in [7, 11) is 0. The first kappa shape index (κ1) is 24.6. The number of aromatic nitrogens is 7. The van der Waals surface area contributed by atoms with Gasteiger partial charge in [-0.2, -0.15) is 10.2 Å². The van der Waals surface area contributed by atoms with E-state index in [0.29, 0.717) is 25.2 Å². The van der Waals surface area contributed by atoms with Crippen molar-refractivity contribution in [2.45, 2.75) is 18.5 Å². The van der Waals surface area contributed by atoms with Crippen LogP contribution in [0.3, 0.4) is 0 Å². The van der Waals surface area contributed by atoms with Crippen molar-refractivity contribution in [2.24, 2.45) is 5.73 Å². The van der Waals surface area contributed by atoms with Crippen molar-refractivity contribution in [2.75, 3.05) is 49.2 Å². The van der Waals surface area contributed by atoms with E-state index in [4.69, 9.17) is 10.5 Å². The molecule has 5 aromatic rings. The fourth-order valence-corrected chi connectivity index (χ4v) is 5.21. The molecule has 12 heteroatoms. The van der Waals surface area contributed by atoms with Crippen LogP contribution in [0.25, 0.3) is 16.6 Å². The number of piperazine rings is 1. The van der Waals surface area contributed by atoms with E-state index in [1.165, 1.54) is 12.1 Å². The molecule has 0 spiro atoms. The van der Waals surface area contributed by atoms with Gasteiger partial charge >= 0.3 is 0 Å². The second-order valence-corrected chi connectivity index (χ2v) is 10.5. The smallest absolute Gasteiger partial charge is 0.225 e. The first-order valence-corrected chi connectivity index (χ1v) is 13.3. The highest BCUT2D eigenvalue weighted by Gasteiger charge is 2.27. The second-order valence-electron chi connectivity index (χ2n) is 10.5. The number of rotatable bonds is 6. The molecule has 40 heavy (non-hydrogen) atoms. The third kappa shape index (κ3) is 4.34. The summed E-state index contributed by atoms with van der Waals surface area (Å²) in [6.07, 6.45) is 11.1. The Bertz CT molecular complexity index is 1630. The Morgan fingerprint density at radius 3 is 2.30 bits per heavy atom. The fraction of sp³-hybridized carbons (Fsp3) is 0.321. The van der Waals surface area contributed by atoms with Gasteiger partial charge in [0.25, 0.3) is 0 Å². The lowest BCUT2D eigenvalue weighted by molar-refractivity contribution is -0.0286. The molecule has 6 heterocycles. The monoisotopic (exact) mass is 540 g/mol. The molecule has 2 saturated heterocycles. The zero-order valence-electron chi connectivity index (χ0n) is 22.1. The first-order chi connectivity index (χ1) is 19.5.